The fraction of sp³-hybridized carbons (Fsp3) is 0.280. The molecular weight excluding hydrogens is 464 g/mol. The van der Waals surface area contributed by atoms with E-state index in [2.05, 4.69) is 22.6 Å². The van der Waals surface area contributed by atoms with Crippen molar-refractivity contribution < 1.29 is 14.3 Å². The van der Waals surface area contributed by atoms with Gasteiger partial charge in [0.05, 0.1) is 23.4 Å². The number of thiophene rings is 1. The van der Waals surface area contributed by atoms with E-state index in [1.165, 1.54) is 12.4 Å². The zero-order valence-corrected chi connectivity index (χ0v) is 20.2. The molecule has 3 aromatic heterocycles. The third-order valence-electron chi connectivity index (χ3n) is 6.08. The standard InChI is InChI=1S/C25H26N6O3S/c1-3-21(32)30-9-5-6-17(12-30)31-25-22(24(26)27-15-28-25)23(29-31)20-10-16(14-35-20)13-34-19-8-4-7-18(11-19)33-2/h3-4,7-8,10-11,14-15,17H,1,5-6,9,12-13H2,2H3,(H2,26,27,28). The number of hydrogen-bond acceptors (Lipinski definition) is 8. The molecular formula is C25H26N6O3S. The third kappa shape index (κ3) is 4.57. The Labute approximate surface area is 206 Å². The van der Waals surface area contributed by atoms with Crippen LogP contribution in [0, 0.1) is 0 Å². The maximum Gasteiger partial charge on any atom is 0.246 e. The summed E-state index contributed by atoms with van der Waals surface area (Å²) in [6.07, 6.45) is 4.59. The highest BCUT2D eigenvalue weighted by Crippen LogP contribution is 2.36. The second kappa shape index (κ2) is 9.75. The number of likely N-dealkylation sites (tertiary alicyclic amines) is 1. The van der Waals surface area contributed by atoms with Gasteiger partial charge in [0.25, 0.3) is 0 Å². The van der Waals surface area contributed by atoms with Crippen LogP contribution in [-0.4, -0.2) is 50.8 Å². The molecule has 2 N–H and O–H groups in total. The Kier molecular flexibility index (Phi) is 6.37. The molecule has 4 aromatic rings. The van der Waals surface area contributed by atoms with Gasteiger partial charge in [-0.15, -0.1) is 11.3 Å². The largest absolute Gasteiger partial charge is 0.497 e. The van der Waals surface area contributed by atoms with Crippen LogP contribution < -0.4 is 15.2 Å². The normalized spacial score (nSPS) is 15.8. The predicted molar refractivity (Wildman–Crippen MR) is 135 cm³/mol. The fourth-order valence-electron chi connectivity index (χ4n) is 4.34. The van der Waals surface area contributed by atoms with Crippen LogP contribution in [-0.2, 0) is 11.4 Å². The van der Waals surface area contributed by atoms with Crippen molar-refractivity contribution in [2.45, 2.75) is 25.5 Å². The van der Waals surface area contributed by atoms with Gasteiger partial charge >= 0.3 is 0 Å². The molecule has 1 unspecified atom stereocenters. The quantitative estimate of drug-likeness (QED) is 0.389. The van der Waals surface area contributed by atoms with Crippen molar-refractivity contribution in [1.82, 2.24) is 24.6 Å². The van der Waals surface area contributed by atoms with E-state index in [1.807, 2.05) is 34.3 Å². The lowest BCUT2D eigenvalue weighted by Crippen LogP contribution is -2.40. The monoisotopic (exact) mass is 490 g/mol. The van der Waals surface area contributed by atoms with Crippen molar-refractivity contribution in [3.05, 3.63) is 60.3 Å². The number of nitrogens with two attached hydrogens (primary N) is 1. The lowest BCUT2D eigenvalue weighted by molar-refractivity contribution is -0.127. The first-order valence-corrected chi connectivity index (χ1v) is 12.2. The number of hydrogen-bond donors (Lipinski definition) is 1. The number of carbonyl (C=O) groups excluding carboxylic acids is 1. The van der Waals surface area contributed by atoms with Crippen molar-refractivity contribution >= 4 is 34.1 Å². The Balaban J connectivity index is 1.43. The van der Waals surface area contributed by atoms with Gasteiger partial charge in [-0.2, -0.15) is 5.10 Å². The van der Waals surface area contributed by atoms with E-state index in [0.717, 1.165) is 45.9 Å². The van der Waals surface area contributed by atoms with Crippen LogP contribution in [0.3, 0.4) is 0 Å². The molecule has 1 atom stereocenters. The second-order valence-electron chi connectivity index (χ2n) is 8.32. The zero-order valence-electron chi connectivity index (χ0n) is 19.4. The number of ether oxygens (including phenoxy) is 2. The summed E-state index contributed by atoms with van der Waals surface area (Å²) in [4.78, 5) is 23.7. The average molecular weight is 491 g/mol. The minimum absolute atomic E-state index is 0.00553. The number of benzene rings is 1. The number of carbonyl (C=O) groups is 1. The number of rotatable bonds is 7. The van der Waals surface area contributed by atoms with Gasteiger partial charge in [-0.25, -0.2) is 14.6 Å². The van der Waals surface area contributed by atoms with Gasteiger partial charge in [-0.05, 0) is 42.5 Å². The topological polar surface area (TPSA) is 108 Å². The Morgan fingerprint density at radius 3 is 3.00 bits per heavy atom. The van der Waals surface area contributed by atoms with Crippen molar-refractivity contribution in [3.8, 4) is 22.1 Å². The van der Waals surface area contributed by atoms with Gasteiger partial charge in [-0.1, -0.05) is 12.6 Å². The number of fused-ring (bicyclic) bond motifs is 1. The molecule has 4 heterocycles. The Hall–Kier alpha value is -3.92. The highest BCUT2D eigenvalue weighted by molar-refractivity contribution is 7.13. The maximum atomic E-state index is 12.2. The first-order valence-electron chi connectivity index (χ1n) is 11.3. The summed E-state index contributed by atoms with van der Waals surface area (Å²) in [5.74, 6) is 1.80. The van der Waals surface area contributed by atoms with Crippen molar-refractivity contribution in [2.75, 3.05) is 25.9 Å². The van der Waals surface area contributed by atoms with Crippen LogP contribution in [0.4, 0.5) is 5.82 Å². The molecule has 1 saturated heterocycles. The van der Waals surface area contributed by atoms with Gasteiger partial charge in [0.15, 0.2) is 5.65 Å². The van der Waals surface area contributed by atoms with Crippen molar-refractivity contribution in [1.29, 1.82) is 0 Å². The Morgan fingerprint density at radius 2 is 2.17 bits per heavy atom. The van der Waals surface area contributed by atoms with Gasteiger partial charge in [0, 0.05) is 24.7 Å². The first kappa shape index (κ1) is 22.9. The van der Waals surface area contributed by atoms with E-state index in [4.69, 9.17) is 20.3 Å². The lowest BCUT2D eigenvalue weighted by atomic mass is 10.1. The van der Waals surface area contributed by atoms with Crippen LogP contribution in [0.1, 0.15) is 24.4 Å². The summed E-state index contributed by atoms with van der Waals surface area (Å²) < 4.78 is 13.1. The number of anilines is 1. The van der Waals surface area contributed by atoms with Gasteiger partial charge in [0.2, 0.25) is 5.91 Å². The third-order valence-corrected chi connectivity index (χ3v) is 7.07. The molecule has 0 bridgehead atoms. The summed E-state index contributed by atoms with van der Waals surface area (Å²) in [5.41, 5.74) is 8.72. The molecule has 0 radical (unpaired) electrons. The van der Waals surface area contributed by atoms with E-state index >= 15 is 0 Å². The van der Waals surface area contributed by atoms with E-state index in [9.17, 15) is 4.79 Å². The molecule has 0 aliphatic carbocycles. The molecule has 0 saturated carbocycles. The molecule has 0 spiro atoms. The number of aromatic nitrogens is 4. The average Bonchev–Trinajstić information content (AvgIpc) is 3.53. The van der Waals surface area contributed by atoms with E-state index in [0.29, 0.717) is 31.2 Å². The molecule has 35 heavy (non-hydrogen) atoms. The molecule has 1 fully saturated rings. The van der Waals surface area contributed by atoms with E-state index in [-0.39, 0.29) is 11.9 Å². The summed E-state index contributed by atoms with van der Waals surface area (Å²) in [6, 6.07) is 9.57. The van der Waals surface area contributed by atoms with Crippen LogP contribution in [0.15, 0.2) is 54.7 Å². The minimum Gasteiger partial charge on any atom is -0.497 e. The molecule has 1 aliphatic heterocycles. The molecule has 1 aliphatic rings. The van der Waals surface area contributed by atoms with Crippen LogP contribution in [0.25, 0.3) is 21.6 Å². The van der Waals surface area contributed by atoms with Crippen LogP contribution in [0.5, 0.6) is 11.5 Å². The van der Waals surface area contributed by atoms with Crippen LogP contribution in [0.2, 0.25) is 0 Å². The summed E-state index contributed by atoms with van der Waals surface area (Å²) in [6.45, 7) is 5.30. The highest BCUT2D eigenvalue weighted by Gasteiger charge is 2.28. The molecule has 9 nitrogen and oxygen atoms in total. The lowest BCUT2D eigenvalue weighted by Gasteiger charge is -2.32. The van der Waals surface area contributed by atoms with Crippen molar-refractivity contribution in [3.63, 3.8) is 0 Å². The molecule has 1 amide bonds. The summed E-state index contributed by atoms with van der Waals surface area (Å²) >= 11 is 1.57. The van der Waals surface area contributed by atoms with Crippen molar-refractivity contribution in [2.24, 2.45) is 0 Å². The predicted octanol–water partition coefficient (Wildman–Crippen LogP) is 4.07. The minimum atomic E-state index is -0.0699. The number of piperidine rings is 1. The highest BCUT2D eigenvalue weighted by atomic mass is 32.1. The maximum absolute atomic E-state index is 12.2. The molecule has 5 rings (SSSR count). The SMILES string of the molecule is C=CC(=O)N1CCCC(n2nc(-c3cc(COc4cccc(OC)c4)cs3)c3c(N)ncnc32)C1. The first-order chi connectivity index (χ1) is 17.1. The van der Waals surface area contributed by atoms with E-state index in [1.54, 1.807) is 23.3 Å². The number of amides is 1. The molecule has 1 aromatic carbocycles. The Morgan fingerprint density at radius 1 is 1.31 bits per heavy atom. The molecule has 180 valence electrons. The summed E-state index contributed by atoms with van der Waals surface area (Å²) in [7, 11) is 1.63. The molecule has 10 heteroatoms. The zero-order chi connectivity index (χ0) is 24.4. The van der Waals surface area contributed by atoms with Gasteiger partial charge in [0.1, 0.15) is 35.9 Å². The Bertz CT molecular complexity index is 1380. The summed E-state index contributed by atoms with van der Waals surface area (Å²) in [5, 5.41) is 7.71. The number of nitrogen functional groups attached to an aromatic ring is 1. The second-order valence-corrected chi connectivity index (χ2v) is 9.23. The fourth-order valence-corrected chi connectivity index (χ4v) is 5.23. The van der Waals surface area contributed by atoms with Crippen LogP contribution >= 0.6 is 11.3 Å². The van der Waals surface area contributed by atoms with E-state index < -0.39 is 0 Å². The van der Waals surface area contributed by atoms with Gasteiger partial charge in [-0.3, -0.25) is 4.79 Å². The smallest absolute Gasteiger partial charge is 0.246 e. The number of methoxy groups -OCH3 is 1. The van der Waals surface area contributed by atoms with Gasteiger partial charge < -0.3 is 20.1 Å². The number of nitrogens with zero attached hydrogens (tertiary/aromatic N) is 5.